The Hall–Kier alpha value is -0.160. The molecule has 0 bridgehead atoms. The van der Waals surface area contributed by atoms with Crippen LogP contribution in [0, 0.1) is 0 Å². The molecule has 0 aromatic carbocycles. The van der Waals surface area contributed by atoms with Crippen molar-refractivity contribution in [2.45, 2.75) is 84.5 Å². The van der Waals surface area contributed by atoms with E-state index in [1.54, 1.807) is 0 Å². The van der Waals surface area contributed by atoms with Crippen molar-refractivity contribution < 1.29 is 9.84 Å². The smallest absolute Gasteiger partial charge is 0.0642 e. The molecule has 0 heterocycles. The molecule has 1 atom stereocenters. The number of rotatable bonds is 11. The summed E-state index contributed by atoms with van der Waals surface area (Å²) in [5, 5.41) is 16.0. The maximum Gasteiger partial charge on any atom is 0.0642 e. The molecular formula is C16H36N2O2. The van der Waals surface area contributed by atoms with Gasteiger partial charge in [-0.25, -0.2) is 0 Å². The quantitative estimate of drug-likeness (QED) is 0.511. The van der Waals surface area contributed by atoms with Crippen LogP contribution >= 0.6 is 0 Å². The lowest BCUT2D eigenvalue weighted by Gasteiger charge is -2.31. The predicted molar refractivity (Wildman–Crippen MR) is 86.2 cm³/mol. The van der Waals surface area contributed by atoms with Gasteiger partial charge < -0.3 is 20.5 Å². The Bertz CT molecular complexity index is 253. The van der Waals surface area contributed by atoms with Gasteiger partial charge in [0, 0.05) is 36.4 Å². The fourth-order valence-corrected chi connectivity index (χ4v) is 2.50. The molecule has 0 rings (SSSR count). The first-order valence-corrected chi connectivity index (χ1v) is 7.82. The lowest BCUT2D eigenvalue weighted by atomic mass is 9.99. The van der Waals surface area contributed by atoms with Gasteiger partial charge in [0.2, 0.25) is 0 Å². The van der Waals surface area contributed by atoms with Crippen LogP contribution in [0.5, 0.6) is 0 Å². The van der Waals surface area contributed by atoms with Crippen LogP contribution in [0.15, 0.2) is 0 Å². The summed E-state index contributed by atoms with van der Waals surface area (Å²) in [4.78, 5) is 0. The molecule has 0 radical (unpaired) electrons. The molecule has 0 saturated heterocycles. The summed E-state index contributed by atoms with van der Waals surface area (Å²) >= 11 is 0. The van der Waals surface area contributed by atoms with Gasteiger partial charge >= 0.3 is 0 Å². The molecule has 0 aliphatic carbocycles. The van der Waals surface area contributed by atoms with Crippen LogP contribution in [0.1, 0.15) is 61.3 Å². The summed E-state index contributed by atoms with van der Waals surface area (Å²) in [6.45, 7) is 16.7. The van der Waals surface area contributed by atoms with E-state index in [-0.39, 0.29) is 17.7 Å². The van der Waals surface area contributed by atoms with E-state index in [9.17, 15) is 0 Å². The number of aliphatic hydroxyl groups excluding tert-OH is 1. The molecule has 4 heteroatoms. The molecule has 3 N–H and O–H groups in total. The zero-order valence-electron chi connectivity index (χ0n) is 14.5. The van der Waals surface area contributed by atoms with E-state index in [0.29, 0.717) is 12.1 Å². The van der Waals surface area contributed by atoms with E-state index < -0.39 is 0 Å². The molecule has 0 saturated carbocycles. The van der Waals surface area contributed by atoms with Crippen LogP contribution in [-0.2, 0) is 4.74 Å². The Balaban J connectivity index is 3.84. The minimum atomic E-state index is -0.0212. The average molecular weight is 288 g/mol. The molecule has 0 aliphatic rings. The Morgan fingerprint density at radius 1 is 1.00 bits per heavy atom. The largest absolute Gasteiger partial charge is 0.396 e. The van der Waals surface area contributed by atoms with E-state index >= 15 is 0 Å². The summed E-state index contributed by atoms with van der Waals surface area (Å²) < 4.78 is 5.79. The molecule has 0 aromatic rings. The fraction of sp³-hybridized carbons (Fsp3) is 1.00. The van der Waals surface area contributed by atoms with Crippen LogP contribution < -0.4 is 10.6 Å². The molecule has 0 spiro atoms. The molecule has 0 fully saturated rings. The minimum Gasteiger partial charge on any atom is -0.396 e. The number of ether oxygens (including phenoxy) is 1. The Morgan fingerprint density at radius 3 is 2.10 bits per heavy atom. The monoisotopic (exact) mass is 288 g/mol. The minimum absolute atomic E-state index is 0.0149. The van der Waals surface area contributed by atoms with Crippen LogP contribution in [0.3, 0.4) is 0 Å². The lowest BCUT2D eigenvalue weighted by Crippen LogP contribution is -2.48. The van der Waals surface area contributed by atoms with Crippen molar-refractivity contribution in [3.63, 3.8) is 0 Å². The lowest BCUT2D eigenvalue weighted by molar-refractivity contribution is 0.0713. The molecule has 4 nitrogen and oxygen atoms in total. The highest BCUT2D eigenvalue weighted by molar-refractivity contribution is 4.81. The van der Waals surface area contributed by atoms with Crippen molar-refractivity contribution in [3.05, 3.63) is 0 Å². The van der Waals surface area contributed by atoms with Crippen molar-refractivity contribution in [3.8, 4) is 0 Å². The second kappa shape index (κ2) is 8.98. The van der Waals surface area contributed by atoms with Crippen LogP contribution in [0.2, 0.25) is 0 Å². The van der Waals surface area contributed by atoms with Gasteiger partial charge in [0.25, 0.3) is 0 Å². The zero-order valence-corrected chi connectivity index (χ0v) is 14.5. The summed E-state index contributed by atoms with van der Waals surface area (Å²) in [7, 11) is 0. The van der Waals surface area contributed by atoms with Gasteiger partial charge in [-0.2, -0.15) is 0 Å². The summed E-state index contributed by atoms with van der Waals surface area (Å²) in [6, 6.07) is 0.853. The predicted octanol–water partition coefficient (Wildman–Crippen LogP) is 2.31. The molecule has 0 amide bonds. The van der Waals surface area contributed by atoms with Gasteiger partial charge in [0.1, 0.15) is 0 Å². The second-order valence-corrected chi connectivity index (χ2v) is 7.43. The average Bonchev–Trinajstić information content (AvgIpc) is 2.21. The third-order valence-corrected chi connectivity index (χ3v) is 3.21. The first kappa shape index (κ1) is 19.8. The van der Waals surface area contributed by atoms with E-state index in [2.05, 4.69) is 59.1 Å². The number of hydrogen-bond donors (Lipinski definition) is 3. The molecular weight excluding hydrogens is 252 g/mol. The van der Waals surface area contributed by atoms with Crippen LogP contribution in [0.4, 0.5) is 0 Å². The van der Waals surface area contributed by atoms with Crippen molar-refractivity contribution >= 4 is 0 Å². The highest BCUT2D eigenvalue weighted by Gasteiger charge is 2.20. The third-order valence-electron chi connectivity index (χ3n) is 3.21. The van der Waals surface area contributed by atoms with Gasteiger partial charge in [-0.05, 0) is 47.5 Å². The highest BCUT2D eigenvalue weighted by Crippen LogP contribution is 2.10. The summed E-state index contributed by atoms with van der Waals surface area (Å²) in [5.41, 5.74) is -0.00632. The Morgan fingerprint density at radius 2 is 1.60 bits per heavy atom. The fourth-order valence-electron chi connectivity index (χ4n) is 2.50. The van der Waals surface area contributed by atoms with Crippen LogP contribution in [0.25, 0.3) is 0 Å². The number of nitrogens with one attached hydrogen (secondary N) is 2. The molecule has 0 aromatic heterocycles. The van der Waals surface area contributed by atoms with E-state index in [1.165, 1.54) is 0 Å². The highest BCUT2D eigenvalue weighted by atomic mass is 16.5. The normalized spacial score (nSPS) is 14.8. The van der Waals surface area contributed by atoms with Crippen molar-refractivity contribution in [1.29, 1.82) is 0 Å². The van der Waals surface area contributed by atoms with Gasteiger partial charge in [-0.1, -0.05) is 13.8 Å². The number of hydrogen-bond acceptors (Lipinski definition) is 4. The topological polar surface area (TPSA) is 53.5 Å². The Labute approximate surface area is 125 Å². The first-order valence-electron chi connectivity index (χ1n) is 7.82. The van der Waals surface area contributed by atoms with Crippen LogP contribution in [-0.4, -0.2) is 48.1 Å². The van der Waals surface area contributed by atoms with Crippen molar-refractivity contribution in [2.24, 2.45) is 0 Å². The molecule has 0 aliphatic heterocycles. The maximum absolute atomic E-state index is 9.02. The van der Waals surface area contributed by atoms with Crippen molar-refractivity contribution in [2.75, 3.05) is 19.8 Å². The van der Waals surface area contributed by atoms with Gasteiger partial charge in [0.05, 0.1) is 6.61 Å². The van der Waals surface area contributed by atoms with E-state index in [1.807, 2.05) is 0 Å². The zero-order chi connectivity index (χ0) is 15.8. The van der Waals surface area contributed by atoms with Crippen molar-refractivity contribution in [1.82, 2.24) is 10.6 Å². The number of aliphatic hydroxyl groups is 1. The molecule has 122 valence electrons. The summed E-state index contributed by atoms with van der Waals surface area (Å²) in [6.07, 6.45) is 1.75. The second-order valence-electron chi connectivity index (χ2n) is 7.43. The Kier molecular flexibility index (Phi) is 8.91. The maximum atomic E-state index is 9.02. The van der Waals surface area contributed by atoms with Gasteiger partial charge in [-0.3, -0.25) is 0 Å². The summed E-state index contributed by atoms with van der Waals surface area (Å²) in [5.74, 6) is 0. The van der Waals surface area contributed by atoms with Gasteiger partial charge in [-0.15, -0.1) is 0 Å². The SMILES string of the molecule is CC(C)NC(C)(C)COCCC(C)NC(C)(C)CCO. The molecule has 20 heavy (non-hydrogen) atoms. The standard InChI is InChI=1S/C16H36N2O2/c1-13(2)17-16(6,7)12-20-11-8-14(3)18-15(4,5)9-10-19/h13-14,17-19H,8-12H2,1-7H3. The van der Waals surface area contributed by atoms with E-state index in [0.717, 1.165) is 26.1 Å². The third kappa shape index (κ3) is 10.6. The van der Waals surface area contributed by atoms with Gasteiger partial charge in [0.15, 0.2) is 0 Å². The van der Waals surface area contributed by atoms with E-state index in [4.69, 9.17) is 9.84 Å². The molecule has 1 unspecified atom stereocenters. The first-order chi connectivity index (χ1) is 9.08.